The number of anilines is 2. The van der Waals surface area contributed by atoms with Gasteiger partial charge in [-0.3, -0.25) is 9.59 Å². The molecule has 0 saturated carbocycles. The number of rotatable bonds is 4. The smallest absolute Gasteiger partial charge is 0.241 e. The number of nitrogens with zero attached hydrogens (tertiary/aromatic N) is 1. The van der Waals surface area contributed by atoms with Gasteiger partial charge in [-0.1, -0.05) is 41.9 Å². The number of hydrogen-bond donors (Lipinski definition) is 2. The Bertz CT molecular complexity index is 824. The van der Waals surface area contributed by atoms with Gasteiger partial charge in [0.15, 0.2) is 0 Å². The van der Waals surface area contributed by atoms with Crippen LogP contribution in [0.25, 0.3) is 0 Å². The van der Waals surface area contributed by atoms with Gasteiger partial charge in [-0.15, -0.1) is 0 Å². The van der Waals surface area contributed by atoms with Crippen molar-refractivity contribution in [1.82, 2.24) is 5.32 Å². The Morgan fingerprint density at radius 1 is 1.27 bits per heavy atom. The summed E-state index contributed by atoms with van der Waals surface area (Å²) in [6.45, 7) is 4.01. The number of nitrogens with one attached hydrogen (secondary N) is 2. The zero-order valence-corrected chi connectivity index (χ0v) is 15.6. The molecule has 1 aliphatic rings. The number of hydrogen-bond acceptors (Lipinski definition) is 3. The minimum Gasteiger partial charge on any atom is -0.324 e. The number of para-hydroxylation sites is 2. The number of carbonyl (C=O) groups excluding carboxylic acids is 2. The SMILES string of the molecule is CC(NCC(=O)N1c2ccccc2NC(=O)CC1C)c1ccccc1Cl. The molecule has 6 heteroatoms. The summed E-state index contributed by atoms with van der Waals surface area (Å²) in [4.78, 5) is 26.7. The van der Waals surface area contributed by atoms with E-state index in [0.717, 1.165) is 11.3 Å². The number of fused-ring (bicyclic) bond motifs is 1. The zero-order chi connectivity index (χ0) is 18.7. The predicted octanol–water partition coefficient (Wildman–Crippen LogP) is 3.75. The molecule has 0 fully saturated rings. The van der Waals surface area contributed by atoms with Crippen LogP contribution in [0, 0.1) is 0 Å². The van der Waals surface area contributed by atoms with Crippen LogP contribution in [-0.2, 0) is 9.59 Å². The van der Waals surface area contributed by atoms with Crippen LogP contribution < -0.4 is 15.5 Å². The van der Waals surface area contributed by atoms with Gasteiger partial charge in [-0.2, -0.15) is 0 Å². The second kappa shape index (κ2) is 7.89. The maximum absolute atomic E-state index is 12.9. The van der Waals surface area contributed by atoms with Gasteiger partial charge in [0.1, 0.15) is 0 Å². The fraction of sp³-hybridized carbons (Fsp3) is 0.300. The first-order valence-electron chi connectivity index (χ1n) is 8.66. The van der Waals surface area contributed by atoms with Gasteiger partial charge >= 0.3 is 0 Å². The van der Waals surface area contributed by atoms with E-state index in [2.05, 4.69) is 10.6 Å². The molecule has 2 N–H and O–H groups in total. The number of halogens is 1. The lowest BCUT2D eigenvalue weighted by Crippen LogP contribution is -2.44. The topological polar surface area (TPSA) is 61.4 Å². The highest BCUT2D eigenvalue weighted by molar-refractivity contribution is 6.31. The fourth-order valence-corrected chi connectivity index (χ4v) is 3.53. The normalized spacial score (nSPS) is 17.9. The van der Waals surface area contributed by atoms with E-state index in [1.165, 1.54) is 0 Å². The van der Waals surface area contributed by atoms with Crippen LogP contribution in [0.4, 0.5) is 11.4 Å². The van der Waals surface area contributed by atoms with Crippen molar-refractivity contribution in [3.63, 3.8) is 0 Å². The van der Waals surface area contributed by atoms with Crippen LogP contribution >= 0.6 is 11.6 Å². The van der Waals surface area contributed by atoms with E-state index in [4.69, 9.17) is 11.6 Å². The van der Waals surface area contributed by atoms with E-state index in [1.807, 2.05) is 62.4 Å². The third-order valence-electron chi connectivity index (χ3n) is 4.56. The third-order valence-corrected chi connectivity index (χ3v) is 4.90. The van der Waals surface area contributed by atoms with Crippen molar-refractivity contribution >= 4 is 34.8 Å². The summed E-state index contributed by atoms with van der Waals surface area (Å²) >= 11 is 6.23. The molecular formula is C20H22ClN3O2. The van der Waals surface area contributed by atoms with Gasteiger partial charge < -0.3 is 15.5 Å². The predicted molar refractivity (Wildman–Crippen MR) is 105 cm³/mol. The van der Waals surface area contributed by atoms with Crippen molar-refractivity contribution in [2.45, 2.75) is 32.4 Å². The summed E-state index contributed by atoms with van der Waals surface area (Å²) in [5, 5.41) is 6.77. The quantitative estimate of drug-likeness (QED) is 0.860. The molecule has 1 heterocycles. The van der Waals surface area contributed by atoms with Crippen LogP contribution in [0.3, 0.4) is 0 Å². The van der Waals surface area contributed by atoms with Crippen molar-refractivity contribution in [1.29, 1.82) is 0 Å². The van der Waals surface area contributed by atoms with E-state index < -0.39 is 0 Å². The highest BCUT2D eigenvalue weighted by atomic mass is 35.5. The van der Waals surface area contributed by atoms with Crippen LogP contribution in [-0.4, -0.2) is 24.4 Å². The van der Waals surface area contributed by atoms with Gasteiger partial charge in [-0.05, 0) is 37.6 Å². The molecule has 2 aromatic carbocycles. The lowest BCUT2D eigenvalue weighted by atomic mass is 10.1. The van der Waals surface area contributed by atoms with Gasteiger partial charge in [-0.25, -0.2) is 0 Å². The third kappa shape index (κ3) is 3.89. The molecule has 3 rings (SSSR count). The minimum absolute atomic E-state index is 0.0649. The Hall–Kier alpha value is -2.37. The Balaban J connectivity index is 1.76. The first-order chi connectivity index (χ1) is 12.5. The Morgan fingerprint density at radius 2 is 1.96 bits per heavy atom. The van der Waals surface area contributed by atoms with Crippen molar-refractivity contribution in [2.24, 2.45) is 0 Å². The minimum atomic E-state index is -0.219. The second-order valence-electron chi connectivity index (χ2n) is 6.51. The second-order valence-corrected chi connectivity index (χ2v) is 6.91. The molecule has 0 bridgehead atoms. The molecule has 0 aliphatic carbocycles. The summed E-state index contributed by atoms with van der Waals surface area (Å²) in [6.07, 6.45) is 0.264. The largest absolute Gasteiger partial charge is 0.324 e. The average molecular weight is 372 g/mol. The molecular weight excluding hydrogens is 350 g/mol. The molecule has 5 nitrogen and oxygen atoms in total. The van der Waals surface area contributed by atoms with E-state index in [0.29, 0.717) is 10.7 Å². The first kappa shape index (κ1) is 18.4. The summed E-state index contributed by atoms with van der Waals surface area (Å²) in [5.74, 6) is -0.169. The molecule has 0 saturated heterocycles. The molecule has 2 amide bonds. The first-order valence-corrected chi connectivity index (χ1v) is 9.04. The monoisotopic (exact) mass is 371 g/mol. The number of carbonyl (C=O) groups is 2. The molecule has 26 heavy (non-hydrogen) atoms. The Morgan fingerprint density at radius 3 is 2.73 bits per heavy atom. The molecule has 0 radical (unpaired) electrons. The lowest BCUT2D eigenvalue weighted by Gasteiger charge is -2.28. The standard InChI is InChI=1S/C20H22ClN3O2/c1-13-11-19(25)23-17-9-5-6-10-18(17)24(13)20(26)12-22-14(2)15-7-3-4-8-16(15)21/h3-10,13-14,22H,11-12H2,1-2H3,(H,23,25). The molecule has 0 spiro atoms. The maximum Gasteiger partial charge on any atom is 0.241 e. The number of benzene rings is 2. The van der Waals surface area contributed by atoms with Crippen LogP contribution in [0.5, 0.6) is 0 Å². The highest BCUT2D eigenvalue weighted by Gasteiger charge is 2.29. The van der Waals surface area contributed by atoms with Gasteiger partial charge in [0.2, 0.25) is 11.8 Å². The van der Waals surface area contributed by atoms with Crippen molar-refractivity contribution < 1.29 is 9.59 Å². The van der Waals surface area contributed by atoms with Crippen LogP contribution in [0.1, 0.15) is 31.9 Å². The molecule has 2 atom stereocenters. The van der Waals surface area contributed by atoms with Gasteiger partial charge in [0.05, 0.1) is 17.9 Å². The van der Waals surface area contributed by atoms with E-state index in [-0.39, 0.29) is 36.9 Å². The fourth-order valence-electron chi connectivity index (χ4n) is 3.23. The van der Waals surface area contributed by atoms with E-state index in [9.17, 15) is 9.59 Å². The maximum atomic E-state index is 12.9. The number of amides is 2. The summed E-state index contributed by atoms with van der Waals surface area (Å²) in [7, 11) is 0. The summed E-state index contributed by atoms with van der Waals surface area (Å²) < 4.78 is 0. The van der Waals surface area contributed by atoms with E-state index >= 15 is 0 Å². The lowest BCUT2D eigenvalue weighted by molar-refractivity contribution is -0.118. The molecule has 136 valence electrons. The Labute approximate surface area is 158 Å². The van der Waals surface area contributed by atoms with Gasteiger partial charge in [0.25, 0.3) is 0 Å². The molecule has 1 aliphatic heterocycles. The molecule has 2 unspecified atom stereocenters. The van der Waals surface area contributed by atoms with Crippen molar-refractivity contribution in [3.8, 4) is 0 Å². The zero-order valence-electron chi connectivity index (χ0n) is 14.8. The van der Waals surface area contributed by atoms with E-state index in [1.54, 1.807) is 4.90 Å². The summed E-state index contributed by atoms with van der Waals surface area (Å²) in [6, 6.07) is 14.7. The van der Waals surface area contributed by atoms with Crippen molar-refractivity contribution in [2.75, 3.05) is 16.8 Å². The Kier molecular flexibility index (Phi) is 5.59. The summed E-state index contributed by atoms with van der Waals surface area (Å²) in [5.41, 5.74) is 2.33. The van der Waals surface area contributed by atoms with Crippen LogP contribution in [0.2, 0.25) is 5.02 Å². The highest BCUT2D eigenvalue weighted by Crippen LogP contribution is 2.31. The molecule has 2 aromatic rings. The average Bonchev–Trinajstić information content (AvgIpc) is 2.74. The molecule has 0 aromatic heterocycles. The van der Waals surface area contributed by atoms with Crippen LogP contribution in [0.15, 0.2) is 48.5 Å². The van der Waals surface area contributed by atoms with Gasteiger partial charge in [0, 0.05) is 23.5 Å². The van der Waals surface area contributed by atoms with Crippen molar-refractivity contribution in [3.05, 3.63) is 59.1 Å².